The third kappa shape index (κ3) is 5.67. The zero-order valence-corrected chi connectivity index (χ0v) is 9.52. The van der Waals surface area contributed by atoms with Crippen LogP contribution in [0, 0.1) is 11.3 Å². The van der Waals surface area contributed by atoms with Crippen LogP contribution in [0.4, 0.5) is 0 Å². The van der Waals surface area contributed by atoms with Crippen LogP contribution in [0.25, 0.3) is 0 Å². The Kier molecular flexibility index (Phi) is 5.04. The van der Waals surface area contributed by atoms with E-state index in [0.29, 0.717) is 17.8 Å². The number of esters is 1. The summed E-state index contributed by atoms with van der Waals surface area (Å²) in [5.41, 5.74) is 0.343. The average molecular weight is 186 g/mol. The Morgan fingerprint density at radius 1 is 1.38 bits per heavy atom. The van der Waals surface area contributed by atoms with Crippen molar-refractivity contribution >= 4 is 5.97 Å². The molecule has 0 aliphatic heterocycles. The minimum absolute atomic E-state index is 0.0962. The smallest absolute Gasteiger partial charge is 0.305 e. The Morgan fingerprint density at radius 2 is 1.92 bits per heavy atom. The van der Waals surface area contributed by atoms with Crippen molar-refractivity contribution in [1.29, 1.82) is 0 Å². The molecule has 78 valence electrons. The molecule has 0 unspecified atom stereocenters. The van der Waals surface area contributed by atoms with E-state index in [1.54, 1.807) is 0 Å². The van der Waals surface area contributed by atoms with Crippen molar-refractivity contribution in [2.75, 3.05) is 7.11 Å². The molecule has 0 saturated carbocycles. The van der Waals surface area contributed by atoms with Crippen LogP contribution in [0.3, 0.4) is 0 Å². The number of carbonyl (C=O) groups is 1. The van der Waals surface area contributed by atoms with Gasteiger partial charge in [-0.25, -0.2) is 0 Å². The lowest BCUT2D eigenvalue weighted by molar-refractivity contribution is -0.140. The fourth-order valence-electron chi connectivity index (χ4n) is 1.09. The van der Waals surface area contributed by atoms with Gasteiger partial charge in [-0.3, -0.25) is 4.79 Å². The summed E-state index contributed by atoms with van der Waals surface area (Å²) in [6, 6.07) is 0. The summed E-state index contributed by atoms with van der Waals surface area (Å²) in [5, 5.41) is 0. The molecule has 2 heteroatoms. The molecule has 0 saturated heterocycles. The van der Waals surface area contributed by atoms with Gasteiger partial charge >= 0.3 is 5.97 Å². The number of methoxy groups -OCH3 is 1. The third-order valence-corrected chi connectivity index (χ3v) is 2.72. The SMILES string of the molecule is COC(=O)CCC[C@H](C)C(C)(C)C. The fraction of sp³-hybridized carbons (Fsp3) is 0.909. The molecule has 1 atom stereocenters. The van der Waals surface area contributed by atoms with E-state index in [2.05, 4.69) is 32.4 Å². The fourth-order valence-corrected chi connectivity index (χ4v) is 1.09. The Morgan fingerprint density at radius 3 is 2.31 bits per heavy atom. The molecule has 0 aliphatic carbocycles. The van der Waals surface area contributed by atoms with Gasteiger partial charge in [-0.05, 0) is 24.2 Å². The van der Waals surface area contributed by atoms with Crippen LogP contribution < -0.4 is 0 Å². The van der Waals surface area contributed by atoms with Gasteiger partial charge in [0, 0.05) is 6.42 Å². The lowest BCUT2D eigenvalue weighted by Crippen LogP contribution is -2.17. The summed E-state index contributed by atoms with van der Waals surface area (Å²) in [5.74, 6) is 0.554. The van der Waals surface area contributed by atoms with Crippen molar-refractivity contribution in [3.8, 4) is 0 Å². The largest absolute Gasteiger partial charge is 0.469 e. The topological polar surface area (TPSA) is 26.3 Å². The second-order valence-electron chi connectivity index (χ2n) is 4.74. The zero-order valence-electron chi connectivity index (χ0n) is 9.52. The molecule has 0 N–H and O–H groups in total. The maximum absolute atomic E-state index is 10.8. The number of carbonyl (C=O) groups excluding carboxylic acids is 1. The second-order valence-corrected chi connectivity index (χ2v) is 4.74. The van der Waals surface area contributed by atoms with Crippen molar-refractivity contribution < 1.29 is 9.53 Å². The summed E-state index contributed by atoms with van der Waals surface area (Å²) < 4.78 is 4.58. The lowest BCUT2D eigenvalue weighted by Gasteiger charge is -2.26. The first-order chi connectivity index (χ1) is 5.88. The molecule has 2 nitrogen and oxygen atoms in total. The summed E-state index contributed by atoms with van der Waals surface area (Å²) >= 11 is 0. The number of hydrogen-bond donors (Lipinski definition) is 0. The predicted molar refractivity (Wildman–Crippen MR) is 54.5 cm³/mol. The highest BCUT2D eigenvalue weighted by molar-refractivity contribution is 5.68. The first-order valence-corrected chi connectivity index (χ1v) is 4.94. The van der Waals surface area contributed by atoms with Gasteiger partial charge in [-0.1, -0.05) is 27.7 Å². The molecule has 0 rings (SSSR count). The molecule has 0 fully saturated rings. The molecular weight excluding hydrogens is 164 g/mol. The molecule has 0 amide bonds. The van der Waals surface area contributed by atoms with E-state index >= 15 is 0 Å². The van der Waals surface area contributed by atoms with Crippen LogP contribution >= 0.6 is 0 Å². The predicted octanol–water partition coefficient (Wildman–Crippen LogP) is 3.01. The van der Waals surface area contributed by atoms with Gasteiger partial charge in [0.15, 0.2) is 0 Å². The number of hydrogen-bond acceptors (Lipinski definition) is 2. The summed E-state index contributed by atoms with van der Waals surface area (Å²) in [4.78, 5) is 10.8. The van der Waals surface area contributed by atoms with Crippen LogP contribution in [0.1, 0.15) is 47.0 Å². The van der Waals surface area contributed by atoms with E-state index in [-0.39, 0.29) is 5.97 Å². The van der Waals surface area contributed by atoms with Crippen LogP contribution in [0.5, 0.6) is 0 Å². The molecule has 0 radical (unpaired) electrons. The van der Waals surface area contributed by atoms with E-state index < -0.39 is 0 Å². The molecule has 0 spiro atoms. The van der Waals surface area contributed by atoms with Crippen molar-refractivity contribution in [1.82, 2.24) is 0 Å². The zero-order chi connectivity index (χ0) is 10.5. The Labute approximate surface area is 81.7 Å². The quantitative estimate of drug-likeness (QED) is 0.631. The van der Waals surface area contributed by atoms with E-state index in [1.807, 2.05) is 0 Å². The number of ether oxygens (including phenoxy) is 1. The van der Waals surface area contributed by atoms with Crippen LogP contribution in [0.15, 0.2) is 0 Å². The van der Waals surface area contributed by atoms with Crippen molar-refractivity contribution in [3.63, 3.8) is 0 Å². The van der Waals surface area contributed by atoms with Crippen LogP contribution in [0.2, 0.25) is 0 Å². The Hall–Kier alpha value is -0.530. The first kappa shape index (κ1) is 12.5. The Bertz CT molecular complexity index is 156. The van der Waals surface area contributed by atoms with Crippen LogP contribution in [-0.4, -0.2) is 13.1 Å². The summed E-state index contributed by atoms with van der Waals surface area (Å²) in [6.07, 6.45) is 2.58. The molecule has 0 aliphatic rings. The molecule has 0 aromatic rings. The molecule has 13 heavy (non-hydrogen) atoms. The van der Waals surface area contributed by atoms with Gasteiger partial charge in [-0.2, -0.15) is 0 Å². The molecule has 0 aromatic carbocycles. The molecule has 0 bridgehead atoms. The molecular formula is C11H22O2. The molecule has 0 heterocycles. The molecule has 0 aromatic heterocycles. The van der Waals surface area contributed by atoms with Crippen molar-refractivity contribution in [3.05, 3.63) is 0 Å². The highest BCUT2D eigenvalue weighted by Gasteiger charge is 2.19. The van der Waals surface area contributed by atoms with Gasteiger partial charge in [0.25, 0.3) is 0 Å². The third-order valence-electron chi connectivity index (χ3n) is 2.72. The van der Waals surface area contributed by atoms with E-state index in [1.165, 1.54) is 7.11 Å². The average Bonchev–Trinajstić information content (AvgIpc) is 2.02. The Balaban J connectivity index is 3.60. The van der Waals surface area contributed by atoms with E-state index in [9.17, 15) is 4.79 Å². The minimum atomic E-state index is -0.0962. The highest BCUT2D eigenvalue weighted by atomic mass is 16.5. The van der Waals surface area contributed by atoms with Gasteiger partial charge in [0.1, 0.15) is 0 Å². The maximum Gasteiger partial charge on any atom is 0.305 e. The van der Waals surface area contributed by atoms with E-state index in [4.69, 9.17) is 0 Å². The highest BCUT2D eigenvalue weighted by Crippen LogP contribution is 2.29. The number of rotatable bonds is 4. The maximum atomic E-state index is 10.8. The van der Waals surface area contributed by atoms with E-state index in [0.717, 1.165) is 12.8 Å². The van der Waals surface area contributed by atoms with Crippen molar-refractivity contribution in [2.24, 2.45) is 11.3 Å². The van der Waals surface area contributed by atoms with Gasteiger partial charge in [-0.15, -0.1) is 0 Å². The van der Waals surface area contributed by atoms with Crippen molar-refractivity contribution in [2.45, 2.75) is 47.0 Å². The normalized spacial score (nSPS) is 13.9. The summed E-state index contributed by atoms with van der Waals surface area (Å²) in [6.45, 7) is 8.93. The van der Waals surface area contributed by atoms with Gasteiger partial charge in [0.05, 0.1) is 7.11 Å². The standard InChI is InChI=1S/C11H22O2/c1-9(11(2,3)4)7-6-8-10(12)13-5/h9H,6-8H2,1-5H3/t9-/m0/s1. The van der Waals surface area contributed by atoms with Gasteiger partial charge < -0.3 is 4.74 Å². The minimum Gasteiger partial charge on any atom is -0.469 e. The van der Waals surface area contributed by atoms with Crippen LogP contribution in [-0.2, 0) is 9.53 Å². The lowest BCUT2D eigenvalue weighted by atomic mass is 9.79. The first-order valence-electron chi connectivity index (χ1n) is 4.94. The monoisotopic (exact) mass is 186 g/mol. The summed E-state index contributed by atoms with van der Waals surface area (Å²) in [7, 11) is 1.44. The second kappa shape index (κ2) is 5.25. The van der Waals surface area contributed by atoms with Gasteiger partial charge in [0.2, 0.25) is 0 Å².